The summed E-state index contributed by atoms with van der Waals surface area (Å²) in [5.74, 6) is -0.811. The first-order chi connectivity index (χ1) is 21.3. The molecule has 0 aliphatic carbocycles. The summed E-state index contributed by atoms with van der Waals surface area (Å²) >= 11 is 0. The highest BCUT2D eigenvalue weighted by Gasteiger charge is 2.24. The molecular weight excluding hydrogens is 579 g/mol. The molecule has 2 unspecified atom stereocenters. The maximum absolute atomic E-state index is 12.4. The third-order valence-corrected chi connectivity index (χ3v) is 8.70. The third-order valence-electron chi connectivity index (χ3n) is 7.76. The molecule has 0 bridgehead atoms. The number of unbranched alkanes of at least 4 members (excludes halogenated alkanes) is 20. The lowest BCUT2D eigenvalue weighted by Gasteiger charge is -2.19. The lowest BCUT2D eigenvalue weighted by atomic mass is 10.1. The molecule has 8 nitrogen and oxygen atoms in total. The molecule has 0 aliphatic rings. The van der Waals surface area contributed by atoms with E-state index in [4.69, 9.17) is 14.0 Å². The smallest absolute Gasteiger partial charge is 0.462 e. The lowest BCUT2D eigenvalue weighted by molar-refractivity contribution is -0.161. The Morgan fingerprint density at radius 2 is 1.02 bits per heavy atom. The van der Waals surface area contributed by atoms with Crippen LogP contribution in [-0.4, -0.2) is 43.3 Å². The highest BCUT2D eigenvalue weighted by atomic mass is 31.2. The van der Waals surface area contributed by atoms with Crippen LogP contribution < -0.4 is 0 Å². The van der Waals surface area contributed by atoms with E-state index in [1.807, 2.05) is 0 Å². The Balaban J connectivity index is 4.08. The Labute approximate surface area is 270 Å². The summed E-state index contributed by atoms with van der Waals surface area (Å²) in [7, 11) is -3.19. The van der Waals surface area contributed by atoms with Gasteiger partial charge < -0.3 is 14.4 Å². The van der Waals surface area contributed by atoms with E-state index in [2.05, 4.69) is 30.5 Å². The number of phosphoric ester groups is 1. The molecule has 1 N–H and O–H groups in total. The van der Waals surface area contributed by atoms with Gasteiger partial charge in [-0.15, -0.1) is 0 Å². The molecule has 0 aromatic heterocycles. The van der Waals surface area contributed by atoms with Gasteiger partial charge in [0.2, 0.25) is 0 Å². The zero-order chi connectivity index (χ0) is 32.6. The second-order valence-corrected chi connectivity index (χ2v) is 13.6. The van der Waals surface area contributed by atoms with Crippen LogP contribution in [0, 0.1) is 0 Å². The molecule has 0 spiro atoms. The van der Waals surface area contributed by atoms with Gasteiger partial charge in [0.25, 0.3) is 0 Å². The first-order valence-electron chi connectivity index (χ1n) is 17.9. The topological polar surface area (TPSA) is 108 Å². The van der Waals surface area contributed by atoms with Crippen LogP contribution in [0.3, 0.4) is 0 Å². The standard InChI is InChI=1S/C35H67O8P/c1-4-6-8-10-12-14-16-17-18-19-20-22-24-26-28-30-35(37)43-33(32-42-44(38,39)40-3)31-41-34(36)29-27-25-23-21-15-13-11-9-7-5-2/h17-18,33H,4-16,19-32H2,1-3H3,(H,38,39)/b18-17-. The quantitative estimate of drug-likeness (QED) is 0.0325. The van der Waals surface area contributed by atoms with Crippen LogP contribution in [0.15, 0.2) is 12.2 Å². The van der Waals surface area contributed by atoms with Crippen molar-refractivity contribution in [3.05, 3.63) is 12.2 Å². The normalized spacial score (nSPS) is 13.6. The van der Waals surface area contributed by atoms with E-state index in [9.17, 15) is 19.0 Å². The van der Waals surface area contributed by atoms with Crippen molar-refractivity contribution in [3.63, 3.8) is 0 Å². The number of esters is 2. The van der Waals surface area contributed by atoms with Crippen molar-refractivity contribution in [2.45, 2.75) is 180 Å². The number of ether oxygens (including phenoxy) is 2. The minimum absolute atomic E-state index is 0.224. The molecule has 0 aliphatic heterocycles. The zero-order valence-electron chi connectivity index (χ0n) is 28.6. The first kappa shape index (κ1) is 42.8. The van der Waals surface area contributed by atoms with Crippen LogP contribution in [0.4, 0.5) is 0 Å². The Kier molecular flexibility index (Phi) is 30.9. The summed E-state index contributed by atoms with van der Waals surface area (Å²) in [6.45, 7) is 3.85. The largest absolute Gasteiger partial charge is 0.472 e. The van der Waals surface area contributed by atoms with Crippen molar-refractivity contribution in [3.8, 4) is 0 Å². The average molecular weight is 647 g/mol. The van der Waals surface area contributed by atoms with E-state index >= 15 is 0 Å². The fraction of sp³-hybridized carbons (Fsp3) is 0.886. The Hall–Kier alpha value is -1.21. The van der Waals surface area contributed by atoms with Crippen LogP contribution in [0.5, 0.6) is 0 Å². The van der Waals surface area contributed by atoms with Gasteiger partial charge in [0.15, 0.2) is 6.10 Å². The number of allylic oxidation sites excluding steroid dienone is 2. The predicted octanol–water partition coefficient (Wildman–Crippen LogP) is 10.6. The molecule has 0 heterocycles. The number of carbonyl (C=O) groups excluding carboxylic acids is 2. The van der Waals surface area contributed by atoms with Gasteiger partial charge in [-0.2, -0.15) is 0 Å². The predicted molar refractivity (Wildman–Crippen MR) is 180 cm³/mol. The second-order valence-electron chi connectivity index (χ2n) is 12.0. The minimum atomic E-state index is -4.25. The van der Waals surface area contributed by atoms with E-state index in [0.717, 1.165) is 58.5 Å². The number of carbonyl (C=O) groups is 2. The molecule has 0 radical (unpaired) electrons. The van der Waals surface area contributed by atoms with Crippen molar-refractivity contribution in [1.29, 1.82) is 0 Å². The summed E-state index contributed by atoms with van der Waals surface area (Å²) in [4.78, 5) is 34.2. The molecule has 0 rings (SSSR count). The molecule has 0 saturated carbocycles. The molecule has 2 atom stereocenters. The molecule has 0 aromatic carbocycles. The second kappa shape index (κ2) is 31.8. The average Bonchev–Trinajstić information content (AvgIpc) is 3.01. The van der Waals surface area contributed by atoms with Crippen LogP contribution in [0.1, 0.15) is 174 Å². The molecule has 0 amide bonds. The van der Waals surface area contributed by atoms with Crippen molar-refractivity contribution in [1.82, 2.24) is 0 Å². The monoisotopic (exact) mass is 646 g/mol. The summed E-state index contributed by atoms with van der Waals surface area (Å²) in [5.41, 5.74) is 0. The van der Waals surface area contributed by atoms with Crippen LogP contribution >= 0.6 is 7.82 Å². The van der Waals surface area contributed by atoms with E-state index < -0.39 is 26.5 Å². The fourth-order valence-corrected chi connectivity index (χ4v) is 5.41. The van der Waals surface area contributed by atoms with Gasteiger partial charge in [-0.05, 0) is 38.5 Å². The van der Waals surface area contributed by atoms with Crippen molar-refractivity contribution < 1.29 is 37.6 Å². The van der Waals surface area contributed by atoms with E-state index in [1.54, 1.807) is 0 Å². The highest BCUT2D eigenvalue weighted by molar-refractivity contribution is 7.47. The molecule has 0 fully saturated rings. The number of rotatable bonds is 33. The Bertz CT molecular complexity index is 742. The molecule has 44 heavy (non-hydrogen) atoms. The van der Waals surface area contributed by atoms with E-state index in [1.165, 1.54) is 89.9 Å². The van der Waals surface area contributed by atoms with Gasteiger partial charge >= 0.3 is 19.8 Å². The van der Waals surface area contributed by atoms with Crippen molar-refractivity contribution >= 4 is 19.8 Å². The number of phosphoric acid groups is 1. The Morgan fingerprint density at radius 1 is 0.614 bits per heavy atom. The summed E-state index contributed by atoms with van der Waals surface area (Å²) in [5, 5.41) is 0. The maximum Gasteiger partial charge on any atom is 0.472 e. The van der Waals surface area contributed by atoms with Crippen LogP contribution in [-0.2, 0) is 32.7 Å². The number of hydrogen-bond donors (Lipinski definition) is 1. The molecule has 0 aromatic rings. The molecule has 0 saturated heterocycles. The Morgan fingerprint density at radius 3 is 1.48 bits per heavy atom. The molecular formula is C35H67O8P. The summed E-state index contributed by atoms with van der Waals surface area (Å²) in [6, 6.07) is 0. The number of hydrogen-bond acceptors (Lipinski definition) is 7. The molecule has 9 heteroatoms. The van der Waals surface area contributed by atoms with Gasteiger partial charge in [0.05, 0.1) is 6.61 Å². The third kappa shape index (κ3) is 30.8. The SMILES string of the molecule is CCCCCCCC/C=C\CCCCCCCC(=O)OC(COC(=O)CCCCCCCCCCCC)COP(=O)(O)OC. The fourth-order valence-electron chi connectivity index (χ4n) is 4.95. The van der Waals surface area contributed by atoms with E-state index in [-0.39, 0.29) is 19.0 Å². The van der Waals surface area contributed by atoms with Crippen molar-refractivity contribution in [2.75, 3.05) is 20.3 Å². The summed E-state index contributed by atoms with van der Waals surface area (Å²) in [6.07, 6.45) is 31.2. The molecule has 260 valence electrons. The van der Waals surface area contributed by atoms with Crippen LogP contribution in [0.2, 0.25) is 0 Å². The van der Waals surface area contributed by atoms with Gasteiger partial charge in [-0.3, -0.25) is 18.6 Å². The zero-order valence-corrected chi connectivity index (χ0v) is 29.5. The first-order valence-corrected chi connectivity index (χ1v) is 19.4. The van der Waals surface area contributed by atoms with E-state index in [0.29, 0.717) is 12.8 Å². The minimum Gasteiger partial charge on any atom is -0.462 e. The lowest BCUT2D eigenvalue weighted by Crippen LogP contribution is -2.29. The van der Waals surface area contributed by atoms with Crippen LogP contribution in [0.25, 0.3) is 0 Å². The van der Waals surface area contributed by atoms with Gasteiger partial charge in [-0.1, -0.05) is 135 Å². The van der Waals surface area contributed by atoms with Gasteiger partial charge in [0, 0.05) is 20.0 Å². The van der Waals surface area contributed by atoms with Crippen molar-refractivity contribution in [2.24, 2.45) is 0 Å². The maximum atomic E-state index is 12.4. The van der Waals surface area contributed by atoms with Gasteiger partial charge in [0.1, 0.15) is 6.61 Å². The van der Waals surface area contributed by atoms with Gasteiger partial charge in [-0.25, -0.2) is 4.57 Å². The summed E-state index contributed by atoms with van der Waals surface area (Å²) < 4.78 is 31.8. The highest BCUT2D eigenvalue weighted by Crippen LogP contribution is 2.42.